The molecule has 6 atom stereocenters. The summed E-state index contributed by atoms with van der Waals surface area (Å²) >= 11 is 0. The fourth-order valence-electron chi connectivity index (χ4n) is 7.62. The zero-order chi connectivity index (χ0) is 19.6. The fourth-order valence-corrected chi connectivity index (χ4v) is 7.62. The molecule has 4 nitrogen and oxygen atoms in total. The Kier molecular flexibility index (Phi) is 4.21. The summed E-state index contributed by atoms with van der Waals surface area (Å²) in [6, 6.07) is 0. The van der Waals surface area contributed by atoms with Crippen molar-refractivity contribution in [3.8, 4) is 0 Å². The molecule has 0 aromatic rings. The minimum atomic E-state index is -0.950. The highest BCUT2D eigenvalue weighted by atomic mass is 16.6. The number of ketones is 2. The molecule has 4 heteroatoms. The van der Waals surface area contributed by atoms with E-state index in [1.165, 1.54) is 12.5 Å². The van der Waals surface area contributed by atoms with Crippen LogP contribution < -0.4 is 0 Å². The van der Waals surface area contributed by atoms with Crippen molar-refractivity contribution in [2.24, 2.45) is 28.6 Å². The van der Waals surface area contributed by atoms with E-state index in [1.54, 1.807) is 6.92 Å². The van der Waals surface area contributed by atoms with Crippen molar-refractivity contribution in [3.05, 3.63) is 11.6 Å². The number of carbonyl (C=O) groups is 3. The number of carbonyl (C=O) groups excluding carboxylic acids is 3. The van der Waals surface area contributed by atoms with E-state index in [9.17, 15) is 14.4 Å². The highest BCUT2D eigenvalue weighted by molar-refractivity contribution is 5.91. The zero-order valence-corrected chi connectivity index (χ0v) is 17.1. The highest BCUT2D eigenvalue weighted by Crippen LogP contribution is 2.68. The van der Waals surface area contributed by atoms with Crippen LogP contribution in [0.3, 0.4) is 0 Å². The summed E-state index contributed by atoms with van der Waals surface area (Å²) in [5, 5.41) is 0. The molecule has 4 aliphatic carbocycles. The lowest BCUT2D eigenvalue weighted by molar-refractivity contribution is -0.187. The van der Waals surface area contributed by atoms with Gasteiger partial charge in [-0.2, -0.15) is 0 Å². The van der Waals surface area contributed by atoms with Gasteiger partial charge in [0.15, 0.2) is 17.2 Å². The second-order valence-corrected chi connectivity index (χ2v) is 9.94. The molecule has 0 saturated heterocycles. The lowest BCUT2D eigenvalue weighted by atomic mass is 9.46. The predicted molar refractivity (Wildman–Crippen MR) is 102 cm³/mol. The van der Waals surface area contributed by atoms with E-state index in [0.29, 0.717) is 30.6 Å². The van der Waals surface area contributed by atoms with Gasteiger partial charge in [0, 0.05) is 18.8 Å². The van der Waals surface area contributed by atoms with Crippen LogP contribution in [-0.2, 0) is 19.1 Å². The van der Waals surface area contributed by atoms with Crippen LogP contribution in [-0.4, -0.2) is 23.1 Å². The van der Waals surface area contributed by atoms with Crippen LogP contribution in [0.1, 0.15) is 79.1 Å². The minimum absolute atomic E-state index is 0.00650. The van der Waals surface area contributed by atoms with Gasteiger partial charge in [-0.1, -0.05) is 19.4 Å². The second kappa shape index (κ2) is 6.02. The average molecular weight is 373 g/mol. The SMILES string of the molecule is CC(=O)O[C@@]1(C(C)=O)CC[C@H]2[C@@H]3CCC4=CC(=O)CC[C@]4(C)[C@H]3CC[C@]21C. The molecule has 0 spiro atoms. The van der Waals surface area contributed by atoms with Crippen LogP contribution in [0.2, 0.25) is 0 Å². The Labute approximate surface area is 162 Å². The Morgan fingerprint density at radius 2 is 1.70 bits per heavy atom. The maximum absolute atomic E-state index is 12.7. The van der Waals surface area contributed by atoms with Gasteiger partial charge in [0.2, 0.25) is 0 Å². The lowest BCUT2D eigenvalue weighted by Crippen LogP contribution is -2.58. The topological polar surface area (TPSA) is 60.4 Å². The molecule has 3 fully saturated rings. The van der Waals surface area contributed by atoms with Crippen LogP contribution in [0, 0.1) is 28.6 Å². The van der Waals surface area contributed by atoms with E-state index in [4.69, 9.17) is 4.74 Å². The summed E-state index contributed by atoms with van der Waals surface area (Å²) in [5.74, 6) is 1.48. The molecule has 0 unspecified atom stereocenters. The Bertz CT molecular complexity index is 737. The smallest absolute Gasteiger partial charge is 0.303 e. The van der Waals surface area contributed by atoms with Crippen molar-refractivity contribution in [3.63, 3.8) is 0 Å². The maximum Gasteiger partial charge on any atom is 0.303 e. The van der Waals surface area contributed by atoms with Crippen LogP contribution in [0.4, 0.5) is 0 Å². The van der Waals surface area contributed by atoms with E-state index in [1.807, 2.05) is 6.08 Å². The molecule has 0 radical (unpaired) electrons. The van der Waals surface area contributed by atoms with Gasteiger partial charge < -0.3 is 4.74 Å². The minimum Gasteiger partial charge on any atom is -0.451 e. The Balaban J connectivity index is 1.70. The molecule has 0 aromatic heterocycles. The third-order valence-electron chi connectivity index (χ3n) is 8.97. The summed E-state index contributed by atoms with van der Waals surface area (Å²) in [4.78, 5) is 36.5. The van der Waals surface area contributed by atoms with Gasteiger partial charge in [0.05, 0.1) is 0 Å². The number of rotatable bonds is 2. The molecule has 0 aliphatic heterocycles. The number of ether oxygens (including phenoxy) is 1. The van der Waals surface area contributed by atoms with E-state index in [2.05, 4.69) is 13.8 Å². The normalized spacial score (nSPS) is 46.0. The predicted octanol–water partition coefficient (Wildman–Crippen LogP) is 4.41. The average Bonchev–Trinajstić information content (AvgIpc) is 2.89. The third kappa shape index (κ3) is 2.44. The van der Waals surface area contributed by atoms with Gasteiger partial charge in [-0.05, 0) is 81.1 Å². The summed E-state index contributed by atoms with van der Waals surface area (Å²) < 4.78 is 5.81. The van der Waals surface area contributed by atoms with E-state index in [-0.39, 0.29) is 28.4 Å². The number of allylic oxidation sites excluding steroid dienone is 1. The van der Waals surface area contributed by atoms with Crippen molar-refractivity contribution in [1.29, 1.82) is 0 Å². The third-order valence-corrected chi connectivity index (χ3v) is 8.97. The van der Waals surface area contributed by atoms with Gasteiger partial charge in [-0.15, -0.1) is 0 Å². The zero-order valence-electron chi connectivity index (χ0n) is 17.1. The largest absolute Gasteiger partial charge is 0.451 e. The number of fused-ring (bicyclic) bond motifs is 5. The van der Waals surface area contributed by atoms with Gasteiger partial charge >= 0.3 is 5.97 Å². The molecule has 148 valence electrons. The lowest BCUT2D eigenvalue weighted by Gasteiger charge is -2.59. The molecule has 0 heterocycles. The van der Waals surface area contributed by atoms with Crippen molar-refractivity contribution in [2.75, 3.05) is 0 Å². The number of Topliss-reactive ketones (excluding diaryl/α,β-unsaturated/α-hetero) is 1. The Morgan fingerprint density at radius 3 is 2.37 bits per heavy atom. The Hall–Kier alpha value is -1.45. The van der Waals surface area contributed by atoms with Gasteiger partial charge in [-0.25, -0.2) is 0 Å². The van der Waals surface area contributed by atoms with Crippen LogP contribution in [0.15, 0.2) is 11.6 Å². The van der Waals surface area contributed by atoms with Crippen LogP contribution in [0.5, 0.6) is 0 Å². The van der Waals surface area contributed by atoms with Gasteiger partial charge in [-0.3, -0.25) is 14.4 Å². The van der Waals surface area contributed by atoms with Gasteiger partial charge in [0.25, 0.3) is 0 Å². The molecule has 4 rings (SSSR count). The summed E-state index contributed by atoms with van der Waals surface area (Å²) in [5.41, 5.74) is 0.266. The fraction of sp³-hybridized carbons (Fsp3) is 0.783. The Morgan fingerprint density at radius 1 is 1.00 bits per heavy atom. The van der Waals surface area contributed by atoms with Crippen LogP contribution >= 0.6 is 0 Å². The molecule has 3 saturated carbocycles. The summed E-state index contributed by atoms with van der Waals surface area (Å²) in [7, 11) is 0. The van der Waals surface area contributed by atoms with Crippen LogP contribution in [0.25, 0.3) is 0 Å². The van der Waals surface area contributed by atoms with Crippen molar-refractivity contribution >= 4 is 17.5 Å². The number of hydrogen-bond donors (Lipinski definition) is 0. The highest BCUT2D eigenvalue weighted by Gasteiger charge is 2.67. The maximum atomic E-state index is 12.7. The molecule has 0 amide bonds. The first-order chi connectivity index (χ1) is 12.6. The van der Waals surface area contributed by atoms with Crippen molar-refractivity contribution < 1.29 is 19.1 Å². The summed E-state index contributed by atoms with van der Waals surface area (Å²) in [6.07, 6.45) is 9.23. The van der Waals surface area contributed by atoms with Gasteiger partial charge in [0.1, 0.15) is 0 Å². The molecule has 0 N–H and O–H groups in total. The van der Waals surface area contributed by atoms with E-state index < -0.39 is 5.60 Å². The quantitative estimate of drug-likeness (QED) is 0.674. The monoisotopic (exact) mass is 372 g/mol. The number of hydrogen-bond acceptors (Lipinski definition) is 4. The second-order valence-electron chi connectivity index (χ2n) is 9.94. The molecule has 4 aliphatic rings. The molecule has 0 bridgehead atoms. The van der Waals surface area contributed by atoms with E-state index in [0.717, 1.165) is 38.5 Å². The first-order valence-corrected chi connectivity index (χ1v) is 10.6. The van der Waals surface area contributed by atoms with Crippen molar-refractivity contribution in [1.82, 2.24) is 0 Å². The first-order valence-electron chi connectivity index (χ1n) is 10.6. The molecule has 0 aromatic carbocycles. The standard InChI is InChI=1S/C23H32O4/c1-14(24)23(27-15(2)25)12-9-20-18-6-5-16-13-17(26)7-10-21(16,3)19(18)8-11-22(20,23)4/h13,18-20H,5-12H2,1-4H3/t18-,19+,20+,21+,22-,23-/m1/s1. The summed E-state index contributed by atoms with van der Waals surface area (Å²) in [6.45, 7) is 7.58. The molecule has 27 heavy (non-hydrogen) atoms. The first kappa shape index (κ1) is 18.9. The molecular weight excluding hydrogens is 340 g/mol. The molecular formula is C23H32O4. The van der Waals surface area contributed by atoms with Crippen molar-refractivity contribution in [2.45, 2.75) is 84.7 Å². The number of esters is 1. The van der Waals surface area contributed by atoms with E-state index >= 15 is 0 Å².